The molecule has 0 amide bonds. The van der Waals surface area contributed by atoms with Gasteiger partial charge < -0.3 is 4.74 Å². The van der Waals surface area contributed by atoms with Gasteiger partial charge in [-0.2, -0.15) is 0 Å². The normalized spacial score (nSPS) is 38.8. The number of carbonyl (C=O) groups excluding carboxylic acids is 1. The number of hydrogen-bond donors (Lipinski definition) is 0. The van der Waals surface area contributed by atoms with Crippen molar-refractivity contribution in [2.24, 2.45) is 28.6 Å². The van der Waals surface area contributed by atoms with Gasteiger partial charge in [-0.3, -0.25) is 4.79 Å². The van der Waals surface area contributed by atoms with E-state index in [0.29, 0.717) is 24.4 Å². The van der Waals surface area contributed by atoms with Gasteiger partial charge in [-0.05, 0) is 74.7 Å². The van der Waals surface area contributed by atoms with Crippen LogP contribution in [0.25, 0.3) is 0 Å². The summed E-state index contributed by atoms with van der Waals surface area (Å²) in [5.41, 5.74) is 3.08. The summed E-state index contributed by atoms with van der Waals surface area (Å²) in [4.78, 5) is 12.8. The predicted octanol–water partition coefficient (Wildman–Crippen LogP) is 5.68. The summed E-state index contributed by atoms with van der Waals surface area (Å²) < 4.78 is 5.49. The maximum absolute atomic E-state index is 12.8. The fourth-order valence-corrected chi connectivity index (χ4v) is 5.88. The van der Waals surface area contributed by atoms with Gasteiger partial charge >= 0.3 is 5.97 Å². The van der Waals surface area contributed by atoms with Gasteiger partial charge in [0, 0.05) is 0 Å². The second kappa shape index (κ2) is 6.35. The van der Waals surface area contributed by atoms with Gasteiger partial charge in [0.1, 0.15) is 0 Å². The molecule has 0 saturated heterocycles. The molecular formula is C22H34O2. The highest BCUT2D eigenvalue weighted by Crippen LogP contribution is 2.62. The minimum atomic E-state index is -0.312. The van der Waals surface area contributed by atoms with Crippen molar-refractivity contribution < 1.29 is 9.53 Å². The van der Waals surface area contributed by atoms with Crippen molar-refractivity contribution in [1.82, 2.24) is 0 Å². The SMILES string of the molecule is CCOC(=O)[C@]1(C)CCC[C@]2(C)C3CCC(C(C)C)=CC3=CCC21. The Bertz CT molecular complexity index is 571. The number of ether oxygens (including phenoxy) is 1. The minimum Gasteiger partial charge on any atom is -0.466 e. The standard InChI is InChI=1S/C22H34O2/c1-6-24-20(23)22(5)13-7-12-21(4)18-10-8-16(15(2)3)14-17(18)9-11-19(21)22/h9,14-15,18-19H,6-8,10-13H2,1-5H3/t18?,19?,21-,22-/m1/s1. The Morgan fingerprint density at radius 1 is 1.33 bits per heavy atom. The molecule has 3 aliphatic rings. The Hall–Kier alpha value is -1.05. The topological polar surface area (TPSA) is 26.3 Å². The average molecular weight is 331 g/mol. The van der Waals surface area contributed by atoms with E-state index < -0.39 is 0 Å². The third-order valence-electron chi connectivity index (χ3n) is 7.32. The van der Waals surface area contributed by atoms with Gasteiger partial charge in [-0.15, -0.1) is 0 Å². The molecule has 1 fully saturated rings. The number of allylic oxidation sites excluding steroid dienone is 4. The van der Waals surface area contributed by atoms with Crippen LogP contribution >= 0.6 is 0 Å². The molecule has 0 radical (unpaired) electrons. The van der Waals surface area contributed by atoms with Crippen molar-refractivity contribution in [1.29, 1.82) is 0 Å². The summed E-state index contributed by atoms with van der Waals surface area (Å²) in [6.07, 6.45) is 11.8. The molecule has 0 aromatic carbocycles. The molecule has 1 saturated carbocycles. The summed E-state index contributed by atoms with van der Waals surface area (Å²) >= 11 is 0. The van der Waals surface area contributed by atoms with Crippen molar-refractivity contribution in [2.45, 2.75) is 73.1 Å². The molecule has 4 atom stereocenters. The summed E-state index contributed by atoms with van der Waals surface area (Å²) in [7, 11) is 0. The van der Waals surface area contributed by atoms with Crippen LogP contribution in [-0.4, -0.2) is 12.6 Å². The molecule has 0 heterocycles. The maximum Gasteiger partial charge on any atom is 0.312 e. The zero-order valence-corrected chi connectivity index (χ0v) is 16.2. The molecule has 0 N–H and O–H groups in total. The van der Waals surface area contributed by atoms with Gasteiger partial charge in [0.2, 0.25) is 0 Å². The van der Waals surface area contributed by atoms with E-state index in [9.17, 15) is 4.79 Å². The summed E-state index contributed by atoms with van der Waals surface area (Å²) in [5, 5.41) is 0. The van der Waals surface area contributed by atoms with Crippen molar-refractivity contribution >= 4 is 5.97 Å². The van der Waals surface area contributed by atoms with Crippen LogP contribution < -0.4 is 0 Å². The lowest BCUT2D eigenvalue weighted by Crippen LogP contribution is -2.53. The van der Waals surface area contributed by atoms with Crippen molar-refractivity contribution in [3.63, 3.8) is 0 Å². The van der Waals surface area contributed by atoms with Crippen LogP contribution in [0.5, 0.6) is 0 Å². The van der Waals surface area contributed by atoms with E-state index in [1.807, 2.05) is 6.92 Å². The molecule has 3 rings (SSSR count). The lowest BCUT2D eigenvalue weighted by molar-refractivity contribution is -0.168. The van der Waals surface area contributed by atoms with Crippen LogP contribution in [0.1, 0.15) is 73.1 Å². The third-order valence-corrected chi connectivity index (χ3v) is 7.32. The van der Waals surface area contributed by atoms with E-state index in [2.05, 4.69) is 39.8 Å². The van der Waals surface area contributed by atoms with Gasteiger partial charge in [-0.25, -0.2) is 0 Å². The molecule has 24 heavy (non-hydrogen) atoms. The smallest absolute Gasteiger partial charge is 0.312 e. The van der Waals surface area contributed by atoms with Gasteiger partial charge in [-0.1, -0.05) is 44.9 Å². The van der Waals surface area contributed by atoms with Crippen molar-refractivity contribution in [2.75, 3.05) is 6.61 Å². The van der Waals surface area contributed by atoms with Crippen LogP contribution in [0.4, 0.5) is 0 Å². The molecule has 2 nitrogen and oxygen atoms in total. The zero-order chi connectivity index (χ0) is 17.5. The van der Waals surface area contributed by atoms with Crippen LogP contribution in [0.3, 0.4) is 0 Å². The number of esters is 1. The Balaban J connectivity index is 1.96. The average Bonchev–Trinajstić information content (AvgIpc) is 2.54. The first-order valence-corrected chi connectivity index (χ1v) is 9.90. The minimum absolute atomic E-state index is 0.0343. The maximum atomic E-state index is 12.8. The van der Waals surface area contributed by atoms with E-state index >= 15 is 0 Å². The first-order valence-electron chi connectivity index (χ1n) is 9.90. The fraction of sp³-hybridized carbons (Fsp3) is 0.773. The molecule has 2 unspecified atom stereocenters. The van der Waals surface area contributed by atoms with Crippen LogP contribution in [0, 0.1) is 28.6 Å². The number of carbonyl (C=O) groups is 1. The predicted molar refractivity (Wildman–Crippen MR) is 98.5 cm³/mol. The summed E-state index contributed by atoms with van der Waals surface area (Å²) in [5.74, 6) is 1.72. The number of rotatable bonds is 3. The molecule has 0 spiro atoms. The molecule has 0 aliphatic heterocycles. The Kier molecular flexibility index (Phi) is 4.70. The summed E-state index contributed by atoms with van der Waals surface area (Å²) in [6.45, 7) is 11.6. The van der Waals surface area contributed by atoms with Gasteiger partial charge in [0.05, 0.1) is 12.0 Å². The number of hydrogen-bond acceptors (Lipinski definition) is 2. The molecule has 0 aromatic heterocycles. The fourth-order valence-electron chi connectivity index (χ4n) is 5.88. The van der Waals surface area contributed by atoms with E-state index in [4.69, 9.17) is 4.74 Å². The first kappa shape index (κ1) is 17.8. The largest absolute Gasteiger partial charge is 0.466 e. The Morgan fingerprint density at radius 2 is 2.08 bits per heavy atom. The first-order chi connectivity index (χ1) is 11.3. The van der Waals surface area contributed by atoms with Crippen LogP contribution in [0.15, 0.2) is 23.3 Å². The van der Waals surface area contributed by atoms with E-state index in [-0.39, 0.29) is 16.8 Å². The summed E-state index contributed by atoms with van der Waals surface area (Å²) in [6, 6.07) is 0. The lowest BCUT2D eigenvalue weighted by atomic mass is 9.47. The Labute approximate surface area is 147 Å². The highest BCUT2D eigenvalue weighted by molar-refractivity contribution is 5.77. The van der Waals surface area contributed by atoms with E-state index in [0.717, 1.165) is 19.3 Å². The Morgan fingerprint density at radius 3 is 2.75 bits per heavy atom. The van der Waals surface area contributed by atoms with Crippen molar-refractivity contribution in [3.8, 4) is 0 Å². The van der Waals surface area contributed by atoms with Crippen molar-refractivity contribution in [3.05, 3.63) is 23.3 Å². The highest BCUT2D eigenvalue weighted by atomic mass is 16.5. The third kappa shape index (κ3) is 2.66. The molecule has 134 valence electrons. The second-order valence-corrected chi connectivity index (χ2v) is 8.95. The van der Waals surface area contributed by atoms with Gasteiger partial charge in [0.25, 0.3) is 0 Å². The lowest BCUT2D eigenvalue weighted by Gasteiger charge is -2.57. The highest BCUT2D eigenvalue weighted by Gasteiger charge is 2.57. The second-order valence-electron chi connectivity index (χ2n) is 8.95. The van der Waals surface area contributed by atoms with Gasteiger partial charge in [0.15, 0.2) is 0 Å². The quantitative estimate of drug-likeness (QED) is 0.622. The molecule has 0 bridgehead atoms. The molecular weight excluding hydrogens is 296 g/mol. The molecule has 0 aromatic rings. The van der Waals surface area contributed by atoms with Crippen LogP contribution in [-0.2, 0) is 9.53 Å². The molecule has 2 heteroatoms. The number of fused-ring (bicyclic) bond motifs is 3. The van der Waals surface area contributed by atoms with E-state index in [1.165, 1.54) is 19.3 Å². The zero-order valence-electron chi connectivity index (χ0n) is 16.2. The molecule has 3 aliphatic carbocycles. The monoisotopic (exact) mass is 330 g/mol. The van der Waals surface area contributed by atoms with E-state index in [1.54, 1.807) is 11.1 Å². The van der Waals surface area contributed by atoms with Crippen LogP contribution in [0.2, 0.25) is 0 Å².